The Kier molecular flexibility index (Phi) is 3.34. The predicted octanol–water partition coefficient (Wildman–Crippen LogP) is 7.03. The van der Waals surface area contributed by atoms with Crippen molar-refractivity contribution in [2.75, 3.05) is 0 Å². The minimum atomic E-state index is -0.225. The first-order chi connectivity index (χ1) is 15.6. The van der Waals surface area contributed by atoms with E-state index in [9.17, 15) is 0 Å². The van der Waals surface area contributed by atoms with Crippen molar-refractivity contribution in [1.82, 2.24) is 14.5 Å². The molecule has 3 nitrogen and oxygen atoms in total. The number of aromatic nitrogens is 3. The Hall–Kier alpha value is -3.98. The molecule has 0 bridgehead atoms. The molecule has 152 valence electrons. The van der Waals surface area contributed by atoms with Crippen LogP contribution in [0.1, 0.15) is 25.1 Å². The van der Waals surface area contributed by atoms with Crippen molar-refractivity contribution >= 4 is 32.6 Å². The highest BCUT2D eigenvalue weighted by atomic mass is 15.0. The number of hydrogen-bond acceptors (Lipinski definition) is 2. The van der Waals surface area contributed by atoms with Crippen LogP contribution < -0.4 is 0 Å². The zero-order valence-corrected chi connectivity index (χ0v) is 18.0. The van der Waals surface area contributed by atoms with Gasteiger partial charge >= 0.3 is 0 Å². The molecule has 0 atom stereocenters. The highest BCUT2D eigenvalue weighted by Gasteiger charge is 2.36. The van der Waals surface area contributed by atoms with E-state index >= 15 is 0 Å². The summed E-state index contributed by atoms with van der Waals surface area (Å²) in [5.41, 5.74) is 8.01. The second-order valence-corrected chi connectivity index (χ2v) is 9.15. The van der Waals surface area contributed by atoms with Gasteiger partial charge in [0.15, 0.2) is 0 Å². The Bertz CT molecular complexity index is 1690. The number of hydrogen-bond donors (Lipinski definition) is 0. The number of para-hydroxylation sites is 2. The molecule has 0 aliphatic heterocycles. The second kappa shape index (κ2) is 6.04. The Morgan fingerprint density at radius 3 is 2.31 bits per heavy atom. The number of nitrogens with zero attached hydrogens (tertiary/aromatic N) is 3. The molecule has 3 aromatic heterocycles. The number of pyridine rings is 2. The van der Waals surface area contributed by atoms with E-state index in [1.54, 1.807) is 0 Å². The molecule has 3 heterocycles. The van der Waals surface area contributed by atoms with Gasteiger partial charge in [-0.25, -0.2) is 0 Å². The lowest BCUT2D eigenvalue weighted by Gasteiger charge is -2.33. The third-order valence-corrected chi connectivity index (χ3v) is 7.02. The van der Waals surface area contributed by atoms with Crippen LogP contribution in [0.15, 0.2) is 91.3 Å². The van der Waals surface area contributed by atoms with Crippen molar-refractivity contribution in [3.05, 3.63) is 103 Å². The third kappa shape index (κ3) is 2.15. The van der Waals surface area contributed by atoms with Gasteiger partial charge in [-0.15, -0.1) is 0 Å². The van der Waals surface area contributed by atoms with E-state index in [4.69, 9.17) is 9.97 Å². The van der Waals surface area contributed by atoms with E-state index in [0.717, 1.165) is 11.4 Å². The molecule has 3 aromatic carbocycles. The first-order valence-electron chi connectivity index (χ1n) is 11.0. The fraction of sp³-hybridized carbons (Fsp3) is 0.103. The lowest BCUT2D eigenvalue weighted by Crippen LogP contribution is -2.25. The average molecular weight is 412 g/mol. The summed E-state index contributed by atoms with van der Waals surface area (Å²) in [6.45, 7) is 4.57. The predicted molar refractivity (Wildman–Crippen MR) is 131 cm³/mol. The van der Waals surface area contributed by atoms with Gasteiger partial charge in [-0.3, -0.25) is 9.97 Å². The van der Waals surface area contributed by atoms with E-state index in [1.807, 2.05) is 12.4 Å². The summed E-state index contributed by atoms with van der Waals surface area (Å²) in [6.07, 6.45) is 3.84. The SMILES string of the molecule is CC1(C)c2cc3c(cc2-c2nccc4ccnc1c24)c1ccccc1n3-c1ccccc1. The van der Waals surface area contributed by atoms with Gasteiger partial charge in [0.2, 0.25) is 0 Å². The highest BCUT2D eigenvalue weighted by molar-refractivity contribution is 6.12. The number of rotatable bonds is 1. The van der Waals surface area contributed by atoms with Crippen LogP contribution in [0.5, 0.6) is 0 Å². The van der Waals surface area contributed by atoms with Gasteiger partial charge in [0.25, 0.3) is 0 Å². The van der Waals surface area contributed by atoms with E-state index < -0.39 is 0 Å². The van der Waals surface area contributed by atoms with Gasteiger partial charge in [-0.05, 0) is 53.4 Å². The van der Waals surface area contributed by atoms with E-state index in [-0.39, 0.29) is 5.41 Å². The summed E-state index contributed by atoms with van der Waals surface area (Å²) in [7, 11) is 0. The quantitative estimate of drug-likeness (QED) is 0.291. The molecular formula is C29H21N3. The van der Waals surface area contributed by atoms with Gasteiger partial charge in [-0.1, -0.05) is 50.2 Å². The summed E-state index contributed by atoms with van der Waals surface area (Å²) in [5.74, 6) is 0. The molecule has 3 heteroatoms. The molecule has 32 heavy (non-hydrogen) atoms. The van der Waals surface area contributed by atoms with Gasteiger partial charge < -0.3 is 4.57 Å². The normalized spacial score (nSPS) is 14.2. The molecule has 1 aliphatic carbocycles. The first kappa shape index (κ1) is 17.7. The van der Waals surface area contributed by atoms with Crippen LogP contribution in [-0.2, 0) is 5.41 Å². The topological polar surface area (TPSA) is 30.7 Å². The van der Waals surface area contributed by atoms with E-state index in [2.05, 4.69) is 97.3 Å². The van der Waals surface area contributed by atoms with Gasteiger partial charge in [0.1, 0.15) is 0 Å². The van der Waals surface area contributed by atoms with E-state index in [0.29, 0.717) is 0 Å². The van der Waals surface area contributed by atoms with Crippen molar-refractivity contribution < 1.29 is 0 Å². The smallest absolute Gasteiger partial charge is 0.0802 e. The molecule has 0 radical (unpaired) electrons. The molecule has 0 unspecified atom stereocenters. The Labute approximate surface area is 186 Å². The Morgan fingerprint density at radius 2 is 1.47 bits per heavy atom. The van der Waals surface area contributed by atoms with Crippen molar-refractivity contribution in [2.45, 2.75) is 19.3 Å². The van der Waals surface area contributed by atoms with Crippen LogP contribution in [0.2, 0.25) is 0 Å². The molecule has 6 aromatic rings. The zero-order valence-electron chi connectivity index (χ0n) is 18.0. The standard InChI is InChI=1S/C29H21N3/c1-29(2)23-17-25-21(16-22(23)27-26-18(12-14-30-27)13-15-31-28(26)29)20-10-6-7-11-24(20)32(25)19-8-4-3-5-9-19/h3-17H,1-2H3. The van der Waals surface area contributed by atoms with E-state index in [1.165, 1.54) is 49.4 Å². The minimum Gasteiger partial charge on any atom is -0.309 e. The fourth-order valence-electron chi connectivity index (χ4n) is 5.51. The molecular weight excluding hydrogens is 390 g/mol. The maximum absolute atomic E-state index is 4.85. The fourth-order valence-corrected chi connectivity index (χ4v) is 5.51. The van der Waals surface area contributed by atoms with Crippen LogP contribution >= 0.6 is 0 Å². The molecule has 0 N–H and O–H groups in total. The van der Waals surface area contributed by atoms with Crippen LogP contribution in [-0.4, -0.2) is 14.5 Å². The van der Waals surface area contributed by atoms with Crippen molar-refractivity contribution in [3.63, 3.8) is 0 Å². The summed E-state index contributed by atoms with van der Waals surface area (Å²) in [5, 5.41) is 4.89. The molecule has 0 amide bonds. The van der Waals surface area contributed by atoms with Crippen LogP contribution in [0.3, 0.4) is 0 Å². The Balaban J connectivity index is 1.68. The lowest BCUT2D eigenvalue weighted by atomic mass is 9.72. The van der Waals surface area contributed by atoms with Gasteiger partial charge in [-0.2, -0.15) is 0 Å². The minimum absolute atomic E-state index is 0.225. The molecule has 0 saturated carbocycles. The monoisotopic (exact) mass is 411 g/mol. The van der Waals surface area contributed by atoms with Crippen LogP contribution in [0.4, 0.5) is 0 Å². The van der Waals surface area contributed by atoms with Crippen molar-refractivity contribution in [2.24, 2.45) is 0 Å². The first-order valence-corrected chi connectivity index (χ1v) is 11.0. The summed E-state index contributed by atoms with van der Waals surface area (Å²) in [6, 6.07) is 28.2. The van der Waals surface area contributed by atoms with Gasteiger partial charge in [0.05, 0.1) is 22.4 Å². The third-order valence-electron chi connectivity index (χ3n) is 7.02. The largest absolute Gasteiger partial charge is 0.309 e. The summed E-state index contributed by atoms with van der Waals surface area (Å²) in [4.78, 5) is 9.70. The van der Waals surface area contributed by atoms with Crippen molar-refractivity contribution in [3.8, 4) is 16.9 Å². The van der Waals surface area contributed by atoms with Crippen LogP contribution in [0.25, 0.3) is 49.5 Å². The van der Waals surface area contributed by atoms with Gasteiger partial charge in [0, 0.05) is 45.2 Å². The maximum Gasteiger partial charge on any atom is 0.0802 e. The molecule has 0 saturated heterocycles. The summed E-state index contributed by atoms with van der Waals surface area (Å²) >= 11 is 0. The highest BCUT2D eigenvalue weighted by Crippen LogP contribution is 2.49. The zero-order chi connectivity index (χ0) is 21.4. The number of fused-ring (bicyclic) bond motifs is 5. The van der Waals surface area contributed by atoms with Crippen molar-refractivity contribution in [1.29, 1.82) is 0 Å². The maximum atomic E-state index is 4.85. The Morgan fingerprint density at radius 1 is 0.719 bits per heavy atom. The average Bonchev–Trinajstić information content (AvgIpc) is 3.16. The molecule has 7 rings (SSSR count). The summed E-state index contributed by atoms with van der Waals surface area (Å²) < 4.78 is 2.38. The second-order valence-electron chi connectivity index (χ2n) is 9.15. The number of benzene rings is 3. The molecule has 0 fully saturated rings. The lowest BCUT2D eigenvalue weighted by molar-refractivity contribution is 0.622. The molecule has 1 aliphatic rings. The molecule has 0 spiro atoms. The van der Waals surface area contributed by atoms with Crippen LogP contribution in [0, 0.1) is 0 Å².